The Balaban J connectivity index is 0. The van der Waals surface area contributed by atoms with Crippen LogP contribution >= 0.6 is 11.3 Å². The van der Waals surface area contributed by atoms with Gasteiger partial charge in [0.25, 0.3) is 0 Å². The highest BCUT2D eigenvalue weighted by molar-refractivity contribution is 7.13. The highest BCUT2D eigenvalue weighted by Gasteiger charge is 1.96. The lowest BCUT2D eigenvalue weighted by Gasteiger charge is -1.85. The van der Waals surface area contributed by atoms with E-state index < -0.39 is 0 Å². The smallest absolute Gasteiger partial charge is 0.0302 e. The van der Waals surface area contributed by atoms with Crippen molar-refractivity contribution in [1.82, 2.24) is 0 Å². The van der Waals surface area contributed by atoms with Gasteiger partial charge in [-0.2, -0.15) is 0 Å². The van der Waals surface area contributed by atoms with Crippen molar-refractivity contribution >= 4 is 17.4 Å². The summed E-state index contributed by atoms with van der Waals surface area (Å²) in [5.41, 5.74) is 1.35. The SMILES string of the molecule is C=C/C=C\c1sc(C)cc1C.CC.CC. The average Bonchev–Trinajstić information content (AvgIpc) is 2.60. The maximum absolute atomic E-state index is 3.63. The zero-order chi connectivity index (χ0) is 12.3. The van der Waals surface area contributed by atoms with Crippen LogP contribution in [-0.4, -0.2) is 0 Å². The summed E-state index contributed by atoms with van der Waals surface area (Å²) in [5.74, 6) is 0. The monoisotopic (exact) mass is 224 g/mol. The maximum atomic E-state index is 3.63. The molecule has 1 aromatic rings. The molecule has 0 fully saturated rings. The van der Waals surface area contributed by atoms with Gasteiger partial charge in [-0.25, -0.2) is 0 Å². The van der Waals surface area contributed by atoms with Crippen LogP contribution in [0.15, 0.2) is 24.8 Å². The van der Waals surface area contributed by atoms with Crippen molar-refractivity contribution in [3.63, 3.8) is 0 Å². The van der Waals surface area contributed by atoms with E-state index in [9.17, 15) is 0 Å². The van der Waals surface area contributed by atoms with Gasteiger partial charge >= 0.3 is 0 Å². The van der Waals surface area contributed by atoms with Crippen molar-refractivity contribution in [1.29, 1.82) is 0 Å². The summed E-state index contributed by atoms with van der Waals surface area (Å²) in [4.78, 5) is 2.70. The largest absolute Gasteiger partial charge is 0.141 e. The molecule has 1 heteroatoms. The van der Waals surface area contributed by atoms with Crippen LogP contribution in [0.25, 0.3) is 6.08 Å². The number of thiophene rings is 1. The topological polar surface area (TPSA) is 0 Å². The number of allylic oxidation sites excluding steroid dienone is 2. The van der Waals surface area contributed by atoms with Crippen molar-refractivity contribution in [3.8, 4) is 0 Å². The lowest BCUT2D eigenvalue weighted by atomic mass is 10.2. The van der Waals surface area contributed by atoms with Crippen molar-refractivity contribution < 1.29 is 0 Å². The van der Waals surface area contributed by atoms with Crippen LogP contribution in [0.1, 0.15) is 43.0 Å². The standard InChI is InChI=1S/C10H12S.2C2H6/c1-4-5-6-10-8(2)7-9(3)11-10;2*1-2/h4-7H,1H2,2-3H3;2*1-2H3/b6-5-;;. The van der Waals surface area contributed by atoms with E-state index in [4.69, 9.17) is 0 Å². The predicted octanol–water partition coefficient (Wildman–Crippen LogP) is 5.62. The normalized spacial score (nSPS) is 8.67. The molecule has 0 aliphatic rings. The van der Waals surface area contributed by atoms with Gasteiger partial charge in [0, 0.05) is 9.75 Å². The summed E-state index contributed by atoms with van der Waals surface area (Å²) >= 11 is 1.82. The molecule has 0 aliphatic heterocycles. The predicted molar refractivity (Wildman–Crippen MR) is 75.7 cm³/mol. The molecular formula is C14H24S. The summed E-state index contributed by atoms with van der Waals surface area (Å²) in [6, 6.07) is 2.20. The molecule has 0 unspecified atom stereocenters. The molecule has 1 rings (SSSR count). The summed E-state index contributed by atoms with van der Waals surface area (Å²) in [6.07, 6.45) is 5.87. The van der Waals surface area contributed by atoms with Gasteiger partial charge in [0.15, 0.2) is 0 Å². The molecule has 1 aromatic heterocycles. The van der Waals surface area contributed by atoms with E-state index in [-0.39, 0.29) is 0 Å². The van der Waals surface area contributed by atoms with Gasteiger partial charge in [0.2, 0.25) is 0 Å². The number of hydrogen-bond acceptors (Lipinski definition) is 1. The van der Waals surface area contributed by atoms with Gasteiger partial charge in [-0.3, -0.25) is 0 Å². The minimum atomic E-state index is 1.34. The molecular weight excluding hydrogens is 200 g/mol. The lowest BCUT2D eigenvalue weighted by Crippen LogP contribution is -1.65. The van der Waals surface area contributed by atoms with Crippen molar-refractivity contribution in [2.24, 2.45) is 0 Å². The molecule has 0 N–H and O–H groups in total. The zero-order valence-corrected chi connectivity index (χ0v) is 11.7. The Morgan fingerprint density at radius 3 is 2.00 bits per heavy atom. The first-order valence-electron chi connectivity index (χ1n) is 5.60. The molecule has 0 aliphatic carbocycles. The van der Waals surface area contributed by atoms with Gasteiger partial charge in [0.05, 0.1) is 0 Å². The van der Waals surface area contributed by atoms with Crippen LogP contribution < -0.4 is 0 Å². The second-order valence-corrected chi connectivity index (χ2v) is 3.79. The van der Waals surface area contributed by atoms with E-state index in [2.05, 4.69) is 32.6 Å². The molecule has 0 radical (unpaired) electrons. The summed E-state index contributed by atoms with van der Waals surface area (Å²) in [5, 5.41) is 0. The average molecular weight is 224 g/mol. The Labute approximate surface area is 99.4 Å². The van der Waals surface area contributed by atoms with Gasteiger partial charge in [-0.05, 0) is 31.6 Å². The van der Waals surface area contributed by atoms with E-state index in [1.807, 2.05) is 45.1 Å². The summed E-state index contributed by atoms with van der Waals surface area (Å²) in [7, 11) is 0. The third kappa shape index (κ3) is 7.15. The Morgan fingerprint density at radius 2 is 1.67 bits per heavy atom. The zero-order valence-electron chi connectivity index (χ0n) is 10.9. The Bertz CT molecular complexity index is 280. The van der Waals surface area contributed by atoms with E-state index >= 15 is 0 Å². The minimum absolute atomic E-state index is 1.34. The lowest BCUT2D eigenvalue weighted by molar-refractivity contribution is 1.50. The first-order chi connectivity index (χ1) is 7.24. The fraction of sp³-hybridized carbons (Fsp3) is 0.429. The molecule has 0 atom stereocenters. The number of aryl methyl sites for hydroxylation is 2. The number of hydrogen-bond donors (Lipinski definition) is 0. The highest BCUT2D eigenvalue weighted by Crippen LogP contribution is 2.21. The van der Waals surface area contributed by atoms with E-state index in [0.29, 0.717) is 0 Å². The van der Waals surface area contributed by atoms with Crippen LogP contribution in [0.3, 0.4) is 0 Å². The Hall–Kier alpha value is -0.820. The first kappa shape index (κ1) is 16.6. The van der Waals surface area contributed by atoms with Gasteiger partial charge in [-0.15, -0.1) is 11.3 Å². The van der Waals surface area contributed by atoms with E-state index in [1.165, 1.54) is 15.3 Å². The fourth-order valence-electron chi connectivity index (χ4n) is 0.980. The highest BCUT2D eigenvalue weighted by atomic mass is 32.1. The van der Waals surface area contributed by atoms with Gasteiger partial charge in [0.1, 0.15) is 0 Å². The molecule has 1 heterocycles. The van der Waals surface area contributed by atoms with Crippen LogP contribution in [0.5, 0.6) is 0 Å². The third-order valence-corrected chi connectivity index (χ3v) is 2.58. The van der Waals surface area contributed by atoms with Crippen molar-refractivity contribution in [3.05, 3.63) is 40.1 Å². The molecule has 0 nitrogen and oxygen atoms in total. The molecule has 0 bridgehead atoms. The summed E-state index contributed by atoms with van der Waals surface area (Å²) in [6.45, 7) is 15.9. The molecule has 0 spiro atoms. The molecule has 0 amide bonds. The third-order valence-electron chi connectivity index (χ3n) is 1.46. The van der Waals surface area contributed by atoms with Crippen LogP contribution in [0.4, 0.5) is 0 Å². The minimum Gasteiger partial charge on any atom is -0.141 e. The van der Waals surface area contributed by atoms with E-state index in [1.54, 1.807) is 6.08 Å². The molecule has 0 saturated carbocycles. The van der Waals surface area contributed by atoms with Crippen LogP contribution in [0, 0.1) is 13.8 Å². The number of rotatable bonds is 2. The second kappa shape index (κ2) is 11.3. The van der Waals surface area contributed by atoms with Crippen LogP contribution in [0.2, 0.25) is 0 Å². The summed E-state index contributed by atoms with van der Waals surface area (Å²) < 4.78 is 0. The van der Waals surface area contributed by atoms with E-state index in [0.717, 1.165) is 0 Å². The Morgan fingerprint density at radius 1 is 1.13 bits per heavy atom. The first-order valence-corrected chi connectivity index (χ1v) is 6.42. The van der Waals surface area contributed by atoms with Crippen molar-refractivity contribution in [2.45, 2.75) is 41.5 Å². The second-order valence-electron chi connectivity index (χ2n) is 2.50. The molecule has 0 aromatic carbocycles. The molecule has 86 valence electrons. The fourth-order valence-corrected chi connectivity index (χ4v) is 1.93. The van der Waals surface area contributed by atoms with Gasteiger partial charge < -0.3 is 0 Å². The quantitative estimate of drug-likeness (QED) is 0.572. The maximum Gasteiger partial charge on any atom is 0.0302 e. The van der Waals surface area contributed by atoms with Gasteiger partial charge in [-0.1, -0.05) is 46.4 Å². The Kier molecular flexibility index (Phi) is 12.5. The molecule has 0 saturated heterocycles. The molecule has 15 heavy (non-hydrogen) atoms. The van der Waals surface area contributed by atoms with Crippen LogP contribution in [-0.2, 0) is 0 Å². The van der Waals surface area contributed by atoms with Crippen molar-refractivity contribution in [2.75, 3.05) is 0 Å².